The van der Waals surface area contributed by atoms with Crippen LogP contribution in [-0.4, -0.2) is 10.3 Å². The lowest BCUT2D eigenvalue weighted by Gasteiger charge is -2.17. The summed E-state index contributed by atoms with van der Waals surface area (Å²) in [5.41, 5.74) is 20.1. The normalized spacial score (nSPS) is 17.7. The molecule has 0 amide bonds. The van der Waals surface area contributed by atoms with E-state index in [-0.39, 0.29) is 5.92 Å². The maximum Gasteiger partial charge on any atom is 0.130 e. The molecule has 2 atom stereocenters. The Morgan fingerprint density at radius 1 is 0.714 bits per heavy atom. The van der Waals surface area contributed by atoms with Gasteiger partial charge in [-0.05, 0) is 94.8 Å². The molecule has 10 rings (SSSR count). The fourth-order valence-corrected chi connectivity index (χ4v) is 8.42. The summed E-state index contributed by atoms with van der Waals surface area (Å²) in [6.45, 7) is 0.546. The molecule has 4 nitrogen and oxygen atoms in total. The van der Waals surface area contributed by atoms with Gasteiger partial charge in [0.2, 0.25) is 0 Å². The molecule has 2 N–H and O–H groups in total. The average Bonchev–Trinajstić information content (AvgIpc) is 3.81. The standard InChI is InChI=1S/C52H41N3O/c53-47(37-13-3-1-4-14-37)33-48(38-15-5-2-6-16-38)54-34-35-12-11-17-39(30-35)40-24-28-44-43-18-7-9-20-49(43)55(50(44)31-40)42-26-22-36(23-27-42)41-25-29-46-45-19-8-10-21-51(45)56-52(46)32-41/h1-13,15-28,30-33,37,46H,14,29,34,53H2/b47-33-,54-48?. The van der Waals surface area contributed by atoms with Crippen LogP contribution in [0.25, 0.3) is 44.2 Å². The number of nitrogens with two attached hydrogens (primary N) is 1. The number of ether oxygens (including phenoxy) is 1. The van der Waals surface area contributed by atoms with Gasteiger partial charge in [-0.2, -0.15) is 0 Å². The Balaban J connectivity index is 0.963. The molecule has 2 aliphatic carbocycles. The summed E-state index contributed by atoms with van der Waals surface area (Å²) in [5.74, 6) is 2.52. The number of aromatic nitrogens is 1. The van der Waals surface area contributed by atoms with E-state index in [0.29, 0.717) is 12.5 Å². The summed E-state index contributed by atoms with van der Waals surface area (Å²) in [4.78, 5) is 5.13. The van der Waals surface area contributed by atoms with Crippen LogP contribution in [-0.2, 0) is 6.54 Å². The monoisotopic (exact) mass is 723 g/mol. The topological polar surface area (TPSA) is 52.5 Å². The zero-order chi connectivity index (χ0) is 37.4. The molecule has 4 heteroatoms. The Bertz CT molecular complexity index is 2810. The van der Waals surface area contributed by atoms with Crippen molar-refractivity contribution in [2.24, 2.45) is 16.6 Å². The molecule has 1 aliphatic heterocycles. The van der Waals surface area contributed by atoms with Crippen LogP contribution in [0.4, 0.5) is 0 Å². The van der Waals surface area contributed by atoms with Crippen molar-refractivity contribution in [3.05, 3.63) is 222 Å². The highest BCUT2D eigenvalue weighted by Gasteiger charge is 2.31. The van der Waals surface area contributed by atoms with Crippen molar-refractivity contribution < 1.29 is 4.74 Å². The molecule has 0 fully saturated rings. The summed E-state index contributed by atoms with van der Waals surface area (Å²) >= 11 is 0. The zero-order valence-corrected chi connectivity index (χ0v) is 31.1. The highest BCUT2D eigenvalue weighted by molar-refractivity contribution is 6.10. The van der Waals surface area contributed by atoms with Crippen LogP contribution in [0.2, 0.25) is 0 Å². The van der Waals surface area contributed by atoms with Crippen LogP contribution >= 0.6 is 0 Å². The predicted octanol–water partition coefficient (Wildman–Crippen LogP) is 12.3. The Morgan fingerprint density at radius 2 is 1.50 bits per heavy atom. The lowest BCUT2D eigenvalue weighted by atomic mass is 9.88. The number of nitrogens with zero attached hydrogens (tertiary/aromatic N) is 2. The number of allylic oxidation sites excluding steroid dienone is 9. The van der Waals surface area contributed by atoms with E-state index in [0.717, 1.165) is 58.1 Å². The predicted molar refractivity (Wildman–Crippen MR) is 232 cm³/mol. The Morgan fingerprint density at radius 3 is 2.38 bits per heavy atom. The van der Waals surface area contributed by atoms with E-state index in [4.69, 9.17) is 15.5 Å². The molecule has 56 heavy (non-hydrogen) atoms. The molecule has 0 saturated heterocycles. The number of hydrogen-bond acceptors (Lipinski definition) is 3. The molecule has 2 heterocycles. The number of rotatable bonds is 8. The first-order valence-corrected chi connectivity index (χ1v) is 19.5. The molecule has 7 aromatic rings. The molecule has 270 valence electrons. The maximum atomic E-state index is 6.64. The number of aliphatic imine (C=N–C) groups is 1. The van der Waals surface area contributed by atoms with Crippen LogP contribution < -0.4 is 10.5 Å². The second-order valence-electron chi connectivity index (χ2n) is 14.8. The van der Waals surface area contributed by atoms with E-state index in [1.165, 1.54) is 44.1 Å². The number of hydrogen-bond donors (Lipinski definition) is 1. The van der Waals surface area contributed by atoms with Gasteiger partial charge in [0.25, 0.3) is 0 Å². The van der Waals surface area contributed by atoms with Gasteiger partial charge in [0.05, 0.1) is 23.3 Å². The largest absolute Gasteiger partial charge is 0.461 e. The fourth-order valence-electron chi connectivity index (χ4n) is 8.42. The highest BCUT2D eigenvalue weighted by atomic mass is 16.5. The SMILES string of the molecule is N/C(=C\C(=NCc1cccc(-c2ccc3c4ccccc4n(-c4ccc(C5=CCC6C(=C5)Oc5ccccc56)cc4)c3c2)c1)c1ccccc1)C1C=CC=CC1. The molecule has 6 aromatic carbocycles. The Kier molecular flexibility index (Phi) is 8.64. The third-order valence-electron chi connectivity index (χ3n) is 11.3. The minimum Gasteiger partial charge on any atom is -0.461 e. The van der Waals surface area contributed by atoms with Crippen LogP contribution in [0.15, 0.2) is 205 Å². The Hall–Kier alpha value is -6.91. The quantitative estimate of drug-likeness (QED) is 0.159. The van der Waals surface area contributed by atoms with Gasteiger partial charge in [-0.25, -0.2) is 0 Å². The summed E-state index contributed by atoms with van der Waals surface area (Å²) in [6, 6.07) is 52.0. The van der Waals surface area contributed by atoms with Crippen molar-refractivity contribution >= 4 is 33.1 Å². The number of benzene rings is 6. The van der Waals surface area contributed by atoms with Gasteiger partial charge in [0, 0.05) is 39.6 Å². The molecular formula is C52H41N3O. The molecule has 0 saturated carbocycles. The van der Waals surface area contributed by atoms with E-state index >= 15 is 0 Å². The summed E-state index contributed by atoms with van der Waals surface area (Å²) in [7, 11) is 0. The lowest BCUT2D eigenvalue weighted by molar-refractivity contribution is 0.426. The molecule has 0 radical (unpaired) electrons. The van der Waals surface area contributed by atoms with Gasteiger partial charge in [0.15, 0.2) is 0 Å². The third kappa shape index (κ3) is 6.29. The molecule has 0 bridgehead atoms. The first-order valence-electron chi connectivity index (χ1n) is 19.5. The van der Waals surface area contributed by atoms with Gasteiger partial charge in [-0.1, -0.05) is 140 Å². The van der Waals surface area contributed by atoms with Crippen molar-refractivity contribution in [2.75, 3.05) is 0 Å². The van der Waals surface area contributed by atoms with Crippen molar-refractivity contribution in [1.29, 1.82) is 0 Å². The van der Waals surface area contributed by atoms with E-state index in [2.05, 4.69) is 168 Å². The first kappa shape index (κ1) is 33.6. The second-order valence-corrected chi connectivity index (χ2v) is 14.8. The van der Waals surface area contributed by atoms with Gasteiger partial charge in [-0.3, -0.25) is 4.99 Å². The third-order valence-corrected chi connectivity index (χ3v) is 11.3. The fraction of sp³-hybridized carbons (Fsp3) is 0.0962. The van der Waals surface area contributed by atoms with Crippen LogP contribution in [0.3, 0.4) is 0 Å². The van der Waals surface area contributed by atoms with Crippen LogP contribution in [0.1, 0.15) is 41.0 Å². The van der Waals surface area contributed by atoms with Crippen LogP contribution in [0, 0.1) is 5.92 Å². The highest BCUT2D eigenvalue weighted by Crippen LogP contribution is 2.46. The van der Waals surface area contributed by atoms with Crippen LogP contribution in [0.5, 0.6) is 5.75 Å². The van der Waals surface area contributed by atoms with Crippen molar-refractivity contribution in [3.8, 4) is 22.6 Å². The van der Waals surface area contributed by atoms with Gasteiger partial charge in [0.1, 0.15) is 11.5 Å². The zero-order valence-electron chi connectivity index (χ0n) is 31.1. The molecule has 0 spiro atoms. The summed E-state index contributed by atoms with van der Waals surface area (Å²) in [6.07, 6.45) is 16.9. The summed E-state index contributed by atoms with van der Waals surface area (Å²) < 4.78 is 8.67. The van der Waals surface area contributed by atoms with Crippen molar-refractivity contribution in [3.63, 3.8) is 0 Å². The lowest BCUT2D eigenvalue weighted by Crippen LogP contribution is -2.13. The Labute approximate surface area is 327 Å². The molecular weight excluding hydrogens is 683 g/mol. The maximum absolute atomic E-state index is 6.64. The minimum atomic E-state index is 0.182. The first-order chi connectivity index (χ1) is 27.7. The number of para-hydroxylation sites is 2. The van der Waals surface area contributed by atoms with E-state index in [9.17, 15) is 0 Å². The van der Waals surface area contributed by atoms with Gasteiger partial charge in [-0.15, -0.1) is 0 Å². The van der Waals surface area contributed by atoms with Gasteiger partial charge >= 0.3 is 0 Å². The van der Waals surface area contributed by atoms with Crippen molar-refractivity contribution in [2.45, 2.75) is 25.3 Å². The van der Waals surface area contributed by atoms with Crippen molar-refractivity contribution in [1.82, 2.24) is 4.57 Å². The second kappa shape index (κ2) is 14.4. The summed E-state index contributed by atoms with van der Waals surface area (Å²) in [5, 5.41) is 2.48. The molecule has 2 unspecified atom stereocenters. The average molecular weight is 724 g/mol. The molecule has 3 aliphatic rings. The smallest absolute Gasteiger partial charge is 0.130 e. The minimum absolute atomic E-state index is 0.182. The van der Waals surface area contributed by atoms with E-state index in [1.54, 1.807) is 0 Å². The van der Waals surface area contributed by atoms with Gasteiger partial charge < -0.3 is 15.0 Å². The van der Waals surface area contributed by atoms with E-state index in [1.807, 2.05) is 24.3 Å². The number of fused-ring (bicyclic) bond motifs is 6. The molecule has 1 aromatic heterocycles. The van der Waals surface area contributed by atoms with E-state index < -0.39 is 0 Å².